The molecular weight excluding hydrogens is 164 g/mol. The molecule has 0 amide bonds. The van der Waals surface area contributed by atoms with Gasteiger partial charge >= 0.3 is 0 Å². The van der Waals surface area contributed by atoms with Crippen molar-refractivity contribution in [2.75, 3.05) is 0 Å². The van der Waals surface area contributed by atoms with E-state index in [1.807, 2.05) is 6.08 Å². The molecule has 1 rings (SSSR count). The van der Waals surface area contributed by atoms with Gasteiger partial charge in [0.2, 0.25) is 0 Å². The Morgan fingerprint density at radius 3 is 2.50 bits per heavy atom. The number of allylic oxidation sites excluding steroid dienone is 2. The molecule has 0 radical (unpaired) electrons. The second-order valence-electron chi connectivity index (χ2n) is 4.08. The minimum Gasteiger partial charge on any atom is -0.293 e. The highest BCUT2D eigenvalue weighted by atomic mass is 28.3. The maximum absolute atomic E-state index is 11.1. The summed E-state index contributed by atoms with van der Waals surface area (Å²) in [7, 11) is -1.31. The Morgan fingerprint density at radius 1 is 1.42 bits per heavy atom. The average Bonchev–Trinajstić information content (AvgIpc) is 2.29. The standard InChI is InChI=1S/C10H14OSi/c1-12(2,3)8-7-9-5-4-6-10(9)11/h5H,4,6H2,1-3H3. The second kappa shape index (κ2) is 3.28. The van der Waals surface area contributed by atoms with Gasteiger partial charge in [-0.05, 0) is 6.42 Å². The van der Waals surface area contributed by atoms with Crippen LogP contribution in [0.1, 0.15) is 12.8 Å². The van der Waals surface area contributed by atoms with Crippen molar-refractivity contribution in [3.05, 3.63) is 11.6 Å². The van der Waals surface area contributed by atoms with Gasteiger partial charge in [-0.2, -0.15) is 0 Å². The van der Waals surface area contributed by atoms with Crippen molar-refractivity contribution in [1.82, 2.24) is 0 Å². The summed E-state index contributed by atoms with van der Waals surface area (Å²) >= 11 is 0. The van der Waals surface area contributed by atoms with E-state index >= 15 is 0 Å². The van der Waals surface area contributed by atoms with E-state index in [0.717, 1.165) is 12.0 Å². The maximum Gasteiger partial charge on any atom is 0.171 e. The van der Waals surface area contributed by atoms with Crippen molar-refractivity contribution in [2.45, 2.75) is 32.5 Å². The van der Waals surface area contributed by atoms with Crippen LogP contribution in [0.25, 0.3) is 0 Å². The number of Topliss-reactive ketones (excluding diaryl/α,β-unsaturated/α-hetero) is 1. The van der Waals surface area contributed by atoms with Crippen molar-refractivity contribution in [2.24, 2.45) is 0 Å². The Balaban J connectivity index is 2.72. The van der Waals surface area contributed by atoms with E-state index in [0.29, 0.717) is 6.42 Å². The molecule has 2 heteroatoms. The summed E-state index contributed by atoms with van der Waals surface area (Å²) in [4.78, 5) is 11.1. The summed E-state index contributed by atoms with van der Waals surface area (Å²) in [6.07, 6.45) is 3.50. The molecule has 0 aromatic rings. The molecule has 0 N–H and O–H groups in total. The van der Waals surface area contributed by atoms with Gasteiger partial charge in [-0.25, -0.2) is 0 Å². The Morgan fingerprint density at radius 2 is 2.08 bits per heavy atom. The lowest BCUT2D eigenvalue weighted by molar-refractivity contribution is -0.114. The van der Waals surface area contributed by atoms with E-state index in [2.05, 4.69) is 31.1 Å². The van der Waals surface area contributed by atoms with Crippen LogP contribution in [-0.4, -0.2) is 13.9 Å². The first-order valence-corrected chi connectivity index (χ1v) is 7.75. The molecule has 0 aromatic carbocycles. The number of ketones is 1. The van der Waals surface area contributed by atoms with E-state index < -0.39 is 8.07 Å². The van der Waals surface area contributed by atoms with Crippen LogP contribution in [0.2, 0.25) is 19.6 Å². The second-order valence-corrected chi connectivity index (χ2v) is 8.83. The van der Waals surface area contributed by atoms with Crippen molar-refractivity contribution in [3.8, 4) is 11.5 Å². The van der Waals surface area contributed by atoms with E-state index in [9.17, 15) is 4.79 Å². The number of carbonyl (C=O) groups excluding carboxylic acids is 1. The third kappa shape index (κ3) is 2.67. The molecule has 12 heavy (non-hydrogen) atoms. The van der Waals surface area contributed by atoms with Crippen LogP contribution in [0.4, 0.5) is 0 Å². The van der Waals surface area contributed by atoms with Crippen LogP contribution in [-0.2, 0) is 4.79 Å². The Labute approximate surface area is 74.9 Å². The summed E-state index contributed by atoms with van der Waals surface area (Å²) in [5.41, 5.74) is 3.94. The fourth-order valence-corrected chi connectivity index (χ4v) is 1.48. The molecule has 1 nitrogen and oxygen atoms in total. The maximum atomic E-state index is 11.1. The Hall–Kier alpha value is -0.813. The first-order chi connectivity index (χ1) is 5.49. The van der Waals surface area contributed by atoms with Crippen molar-refractivity contribution >= 4 is 13.9 Å². The van der Waals surface area contributed by atoms with Gasteiger partial charge in [0.05, 0.1) is 5.57 Å². The van der Waals surface area contributed by atoms with Gasteiger partial charge < -0.3 is 0 Å². The van der Waals surface area contributed by atoms with Crippen LogP contribution < -0.4 is 0 Å². The third-order valence-corrected chi connectivity index (χ3v) is 2.47. The normalized spacial score (nSPS) is 16.9. The third-order valence-electron chi connectivity index (χ3n) is 1.59. The highest BCUT2D eigenvalue weighted by Gasteiger charge is 2.13. The van der Waals surface area contributed by atoms with Gasteiger partial charge in [-0.15, -0.1) is 5.54 Å². The smallest absolute Gasteiger partial charge is 0.171 e. The highest BCUT2D eigenvalue weighted by molar-refractivity contribution is 6.83. The number of hydrogen-bond donors (Lipinski definition) is 0. The lowest BCUT2D eigenvalue weighted by atomic mass is 10.2. The molecule has 0 saturated heterocycles. The van der Waals surface area contributed by atoms with Crippen LogP contribution in [0.15, 0.2) is 11.6 Å². The van der Waals surface area contributed by atoms with Crippen LogP contribution in [0, 0.1) is 11.5 Å². The molecule has 0 unspecified atom stereocenters. The van der Waals surface area contributed by atoms with E-state index in [-0.39, 0.29) is 5.78 Å². The molecular formula is C10H14OSi. The van der Waals surface area contributed by atoms with Crippen LogP contribution in [0.3, 0.4) is 0 Å². The molecule has 1 aliphatic carbocycles. The van der Waals surface area contributed by atoms with Gasteiger partial charge in [0.1, 0.15) is 8.07 Å². The molecule has 0 fully saturated rings. The Kier molecular flexibility index (Phi) is 2.54. The zero-order chi connectivity index (χ0) is 9.19. The summed E-state index contributed by atoms with van der Waals surface area (Å²) < 4.78 is 0. The summed E-state index contributed by atoms with van der Waals surface area (Å²) in [6, 6.07) is 0. The molecule has 0 bridgehead atoms. The summed E-state index contributed by atoms with van der Waals surface area (Å²) in [5, 5.41) is 0. The largest absolute Gasteiger partial charge is 0.293 e. The van der Waals surface area contributed by atoms with Crippen molar-refractivity contribution < 1.29 is 4.79 Å². The molecule has 1 aliphatic rings. The lowest BCUT2D eigenvalue weighted by Gasteiger charge is -2.02. The highest BCUT2D eigenvalue weighted by Crippen LogP contribution is 2.12. The quantitative estimate of drug-likeness (QED) is 0.410. The monoisotopic (exact) mass is 178 g/mol. The van der Waals surface area contributed by atoms with Crippen molar-refractivity contribution in [1.29, 1.82) is 0 Å². The average molecular weight is 178 g/mol. The molecule has 0 aromatic heterocycles. The number of rotatable bonds is 0. The molecule has 64 valence electrons. The minimum atomic E-state index is -1.31. The summed E-state index contributed by atoms with van der Waals surface area (Å²) in [6.45, 7) is 6.54. The lowest BCUT2D eigenvalue weighted by Crippen LogP contribution is -2.16. The van der Waals surface area contributed by atoms with Gasteiger partial charge in [0.25, 0.3) is 0 Å². The van der Waals surface area contributed by atoms with Gasteiger partial charge in [-0.3, -0.25) is 4.79 Å². The SMILES string of the molecule is C[Si](C)(C)C#CC1=CCCC1=O. The van der Waals surface area contributed by atoms with Gasteiger partial charge in [0.15, 0.2) is 5.78 Å². The zero-order valence-electron chi connectivity index (χ0n) is 7.90. The fraction of sp³-hybridized carbons (Fsp3) is 0.500. The van der Waals surface area contributed by atoms with Crippen molar-refractivity contribution in [3.63, 3.8) is 0 Å². The van der Waals surface area contributed by atoms with Crippen LogP contribution >= 0.6 is 0 Å². The molecule has 0 heterocycles. The molecule has 0 spiro atoms. The zero-order valence-corrected chi connectivity index (χ0v) is 8.90. The molecule has 0 aliphatic heterocycles. The molecule has 0 atom stereocenters. The minimum absolute atomic E-state index is 0.223. The number of carbonyl (C=O) groups is 1. The molecule has 0 saturated carbocycles. The Bertz CT molecular complexity index is 283. The van der Waals surface area contributed by atoms with E-state index in [1.165, 1.54) is 0 Å². The van der Waals surface area contributed by atoms with E-state index in [4.69, 9.17) is 0 Å². The number of hydrogen-bond acceptors (Lipinski definition) is 1. The van der Waals surface area contributed by atoms with Gasteiger partial charge in [0, 0.05) is 6.42 Å². The van der Waals surface area contributed by atoms with Crippen LogP contribution in [0.5, 0.6) is 0 Å². The first kappa shape index (κ1) is 9.28. The van der Waals surface area contributed by atoms with Gasteiger partial charge in [-0.1, -0.05) is 31.6 Å². The predicted molar refractivity (Wildman–Crippen MR) is 53.4 cm³/mol. The topological polar surface area (TPSA) is 17.1 Å². The van der Waals surface area contributed by atoms with E-state index in [1.54, 1.807) is 0 Å². The fourth-order valence-electron chi connectivity index (χ4n) is 0.972. The first-order valence-electron chi connectivity index (χ1n) is 4.25. The predicted octanol–water partition coefficient (Wildman–Crippen LogP) is 2.16. The summed E-state index contributed by atoms with van der Waals surface area (Å²) in [5.74, 6) is 3.22.